The van der Waals surface area contributed by atoms with E-state index in [2.05, 4.69) is 6.92 Å². The Morgan fingerprint density at radius 2 is 1.31 bits per heavy atom. The SMILES string of the molecule is CCCCCCCCCC[C@@H](OC(=O)[C@](OC)(c1ccccc1)C(F)(F)F)[C@H]1CC[C@H]([C@H]2CC[C@@H]([C@@H]3CC[C@@H](CCCCCCC[C@@H]4C[C@H](CC(C)=O)C(=O)O4)O3)OCO2)O1. The Morgan fingerprint density at radius 1 is 0.738 bits per heavy atom. The van der Waals surface area contributed by atoms with Crippen molar-refractivity contribution in [2.45, 2.75) is 229 Å². The highest BCUT2D eigenvalue weighted by atomic mass is 19.4. The number of alkyl halides is 3. The van der Waals surface area contributed by atoms with Crippen molar-refractivity contribution >= 4 is 17.7 Å². The second-order valence-corrected chi connectivity index (χ2v) is 18.0. The van der Waals surface area contributed by atoms with E-state index in [1.54, 1.807) is 6.07 Å². The summed E-state index contributed by atoms with van der Waals surface area (Å²) in [5, 5.41) is 0. The van der Waals surface area contributed by atoms with Gasteiger partial charge in [-0.1, -0.05) is 108 Å². The lowest BCUT2D eigenvalue weighted by molar-refractivity contribution is -0.280. The van der Waals surface area contributed by atoms with Gasteiger partial charge in [-0.05, 0) is 84.0 Å². The third kappa shape index (κ3) is 14.5. The van der Waals surface area contributed by atoms with Crippen molar-refractivity contribution in [3.05, 3.63) is 35.9 Å². The van der Waals surface area contributed by atoms with E-state index in [4.69, 9.17) is 33.2 Å². The molecule has 4 heterocycles. The molecule has 0 unspecified atom stereocenters. The number of esters is 2. The Balaban J connectivity index is 1.05. The summed E-state index contributed by atoms with van der Waals surface area (Å²) in [6.07, 6.45) is 14.7. The predicted octanol–water partition coefficient (Wildman–Crippen LogP) is 10.8. The molecule has 0 bridgehead atoms. The molecule has 13 heteroatoms. The average Bonchev–Trinajstić information content (AvgIpc) is 3.95. The lowest BCUT2D eigenvalue weighted by Gasteiger charge is -2.35. The number of methoxy groups -OCH3 is 1. The second kappa shape index (κ2) is 25.1. The van der Waals surface area contributed by atoms with Crippen LogP contribution in [0, 0.1) is 5.92 Å². The van der Waals surface area contributed by atoms with Gasteiger partial charge in [0.15, 0.2) is 0 Å². The number of hydrogen-bond acceptors (Lipinski definition) is 10. The molecule has 0 aliphatic carbocycles. The predicted molar refractivity (Wildman–Crippen MR) is 224 cm³/mol. The summed E-state index contributed by atoms with van der Waals surface area (Å²) in [5.74, 6) is -1.94. The Morgan fingerprint density at radius 3 is 1.93 bits per heavy atom. The average molecular weight is 867 g/mol. The molecule has 4 fully saturated rings. The summed E-state index contributed by atoms with van der Waals surface area (Å²) < 4.78 is 86.2. The quantitative estimate of drug-likeness (QED) is 0.0658. The van der Waals surface area contributed by atoms with Gasteiger partial charge in [0.2, 0.25) is 0 Å². The lowest BCUT2D eigenvalue weighted by atomic mass is 9.92. The molecule has 10 nitrogen and oxygen atoms in total. The number of carbonyl (C=O) groups excluding carboxylic acids is 3. The molecule has 1 aromatic carbocycles. The highest BCUT2D eigenvalue weighted by Crippen LogP contribution is 2.44. The van der Waals surface area contributed by atoms with Crippen molar-refractivity contribution in [3.63, 3.8) is 0 Å². The minimum absolute atomic E-state index is 0.000260. The molecule has 346 valence electrons. The maximum atomic E-state index is 14.8. The van der Waals surface area contributed by atoms with E-state index in [0.29, 0.717) is 38.5 Å². The Hall–Kier alpha value is -2.58. The summed E-state index contributed by atoms with van der Waals surface area (Å²) in [6, 6.07) is 6.96. The first kappa shape index (κ1) is 49.4. The molecule has 61 heavy (non-hydrogen) atoms. The topological polar surface area (TPSA) is 116 Å². The van der Waals surface area contributed by atoms with E-state index in [0.717, 1.165) is 97.0 Å². The van der Waals surface area contributed by atoms with E-state index in [1.807, 2.05) is 0 Å². The third-order valence-electron chi connectivity index (χ3n) is 13.3. The molecular weight excluding hydrogens is 794 g/mol. The summed E-state index contributed by atoms with van der Waals surface area (Å²) in [4.78, 5) is 37.1. The van der Waals surface area contributed by atoms with Gasteiger partial charge < -0.3 is 38.0 Å². The molecule has 4 aliphatic heterocycles. The number of ketones is 1. The maximum Gasteiger partial charge on any atom is 0.432 e. The first-order valence-electron chi connectivity index (χ1n) is 23.6. The van der Waals surface area contributed by atoms with Crippen LogP contribution in [0.4, 0.5) is 13.2 Å². The van der Waals surface area contributed by atoms with E-state index >= 15 is 0 Å². The van der Waals surface area contributed by atoms with E-state index in [-0.39, 0.29) is 73.1 Å². The number of unbranched alkanes of at least 4 members (excludes halogenated alkanes) is 11. The highest BCUT2D eigenvalue weighted by Gasteiger charge is 2.64. The summed E-state index contributed by atoms with van der Waals surface area (Å²) in [6.45, 7) is 3.81. The molecular formula is C48H73F3O10. The van der Waals surface area contributed by atoms with Crippen molar-refractivity contribution in [2.75, 3.05) is 13.9 Å². The van der Waals surface area contributed by atoms with Gasteiger partial charge in [0.1, 0.15) is 24.8 Å². The normalized spacial score (nSPS) is 28.6. The molecule has 4 aliphatic rings. The minimum Gasteiger partial charge on any atom is -0.462 e. The molecule has 0 amide bonds. The number of rotatable bonds is 26. The monoisotopic (exact) mass is 867 g/mol. The molecule has 5 rings (SSSR count). The van der Waals surface area contributed by atoms with Crippen LogP contribution in [0.25, 0.3) is 0 Å². The number of ether oxygens (including phenoxy) is 7. The van der Waals surface area contributed by atoms with E-state index in [9.17, 15) is 27.6 Å². The van der Waals surface area contributed by atoms with Crippen molar-refractivity contribution in [1.29, 1.82) is 0 Å². The molecule has 0 radical (unpaired) electrons. The fourth-order valence-electron chi connectivity index (χ4n) is 9.85. The van der Waals surface area contributed by atoms with Crippen LogP contribution in [0.3, 0.4) is 0 Å². The molecule has 0 N–H and O–H groups in total. The number of hydrogen-bond donors (Lipinski definition) is 0. The van der Waals surface area contributed by atoms with Gasteiger partial charge in [-0.25, -0.2) is 4.79 Å². The molecule has 1 aromatic rings. The van der Waals surface area contributed by atoms with Crippen molar-refractivity contribution in [1.82, 2.24) is 0 Å². The Labute approximate surface area is 362 Å². The fourth-order valence-corrected chi connectivity index (χ4v) is 9.85. The van der Waals surface area contributed by atoms with Crippen LogP contribution in [0.15, 0.2) is 30.3 Å². The minimum atomic E-state index is -5.06. The molecule has 10 atom stereocenters. The second-order valence-electron chi connectivity index (χ2n) is 18.0. The van der Waals surface area contributed by atoms with Crippen LogP contribution >= 0.6 is 0 Å². The van der Waals surface area contributed by atoms with Gasteiger partial charge in [0.05, 0.1) is 42.5 Å². The van der Waals surface area contributed by atoms with Crippen molar-refractivity contribution in [2.24, 2.45) is 5.92 Å². The van der Waals surface area contributed by atoms with Crippen molar-refractivity contribution < 1.29 is 60.7 Å². The van der Waals surface area contributed by atoms with Crippen LogP contribution in [-0.4, -0.2) is 86.6 Å². The molecule has 0 aromatic heterocycles. The van der Waals surface area contributed by atoms with Gasteiger partial charge in [-0.2, -0.15) is 13.2 Å². The lowest BCUT2D eigenvalue weighted by Crippen LogP contribution is -2.53. The third-order valence-corrected chi connectivity index (χ3v) is 13.3. The van der Waals surface area contributed by atoms with E-state index < -0.39 is 30.0 Å². The maximum absolute atomic E-state index is 14.8. The highest BCUT2D eigenvalue weighted by molar-refractivity contribution is 5.84. The van der Waals surface area contributed by atoms with Gasteiger partial charge in [-0.15, -0.1) is 0 Å². The van der Waals surface area contributed by atoms with E-state index in [1.165, 1.54) is 50.5 Å². The van der Waals surface area contributed by atoms with Crippen molar-refractivity contribution in [3.8, 4) is 0 Å². The zero-order valence-electron chi connectivity index (χ0n) is 37.0. The van der Waals surface area contributed by atoms with Crippen LogP contribution in [0.2, 0.25) is 0 Å². The Kier molecular flexibility index (Phi) is 20.3. The summed E-state index contributed by atoms with van der Waals surface area (Å²) in [5.41, 5.74) is -3.59. The number of benzene rings is 1. The van der Waals surface area contributed by atoms with Gasteiger partial charge in [0, 0.05) is 19.1 Å². The molecule has 0 spiro atoms. The van der Waals surface area contributed by atoms with Gasteiger partial charge in [-0.3, -0.25) is 4.79 Å². The van der Waals surface area contributed by atoms with Crippen LogP contribution < -0.4 is 0 Å². The Bertz CT molecular complexity index is 1460. The zero-order chi connectivity index (χ0) is 43.7. The molecule has 0 saturated carbocycles. The fraction of sp³-hybridized carbons (Fsp3) is 0.812. The zero-order valence-corrected chi connectivity index (χ0v) is 37.0. The van der Waals surface area contributed by atoms with Gasteiger partial charge >= 0.3 is 18.1 Å². The van der Waals surface area contributed by atoms with Crippen LogP contribution in [-0.2, 0) is 53.1 Å². The number of halogens is 3. The smallest absolute Gasteiger partial charge is 0.432 e. The summed E-state index contributed by atoms with van der Waals surface area (Å²) in [7, 11) is 0.895. The number of carbonyl (C=O) groups is 3. The largest absolute Gasteiger partial charge is 0.462 e. The molecule has 4 saturated heterocycles. The summed E-state index contributed by atoms with van der Waals surface area (Å²) >= 11 is 0. The standard InChI is InChI=1S/C48H73F3O10/c1-4-5-6-7-8-9-13-19-24-41(61-46(54)47(55-3,48(49,50)51)36-20-15-14-16-21-36)44-30-29-43(60-44)40-28-27-39(56-33-57-40)42-26-25-37(58-42)22-17-11-10-12-18-23-38-32-35(31-34(2)52)45(53)59-38/h14-16,20-21,35,37-44H,4-13,17-19,22-33H2,1-3H3/t35-,37+,38+,39-,40+,41+,42-,43+,44+,47+/m0/s1. The first-order valence-corrected chi connectivity index (χ1v) is 23.6. The number of cyclic esters (lactones) is 1. The van der Waals surface area contributed by atoms with Gasteiger partial charge in [0.25, 0.3) is 5.60 Å². The number of Topliss-reactive ketones (excluding diaryl/α,β-unsaturated/α-hetero) is 1. The first-order chi connectivity index (χ1) is 29.4. The van der Waals surface area contributed by atoms with Crippen LogP contribution in [0.5, 0.6) is 0 Å². The van der Waals surface area contributed by atoms with Crippen LogP contribution in [0.1, 0.15) is 174 Å².